The summed E-state index contributed by atoms with van der Waals surface area (Å²) in [4.78, 5) is 14.3. The van der Waals surface area contributed by atoms with Gasteiger partial charge in [-0.1, -0.05) is 37.1 Å². The Morgan fingerprint density at radius 3 is 2.80 bits per heavy atom. The average molecular weight is 272 g/mol. The van der Waals surface area contributed by atoms with Crippen LogP contribution in [0, 0.1) is 0 Å². The Labute approximate surface area is 121 Å². The highest BCUT2D eigenvalue weighted by atomic mass is 16.2. The van der Waals surface area contributed by atoms with E-state index in [-0.39, 0.29) is 11.9 Å². The van der Waals surface area contributed by atoms with Crippen LogP contribution >= 0.6 is 0 Å². The van der Waals surface area contributed by atoms with Gasteiger partial charge >= 0.3 is 0 Å². The third-order valence-corrected chi connectivity index (χ3v) is 4.86. The number of fused-ring (bicyclic) bond motifs is 1. The van der Waals surface area contributed by atoms with Crippen molar-refractivity contribution in [2.75, 3.05) is 13.6 Å². The zero-order chi connectivity index (χ0) is 13.9. The highest BCUT2D eigenvalue weighted by Gasteiger charge is 2.28. The Kier molecular flexibility index (Phi) is 4.06. The number of aryl methyl sites for hydroxylation is 1. The first-order valence-corrected chi connectivity index (χ1v) is 7.82. The van der Waals surface area contributed by atoms with Gasteiger partial charge in [0.2, 0.25) is 5.91 Å². The van der Waals surface area contributed by atoms with Crippen LogP contribution in [0.2, 0.25) is 0 Å². The minimum Gasteiger partial charge on any atom is -0.338 e. The molecule has 0 spiro atoms. The second-order valence-corrected chi connectivity index (χ2v) is 6.12. The molecule has 1 N–H and O–H groups in total. The molecule has 0 saturated heterocycles. The summed E-state index contributed by atoms with van der Waals surface area (Å²) in [5.74, 6) is 0.221. The van der Waals surface area contributed by atoms with E-state index in [4.69, 9.17) is 0 Å². The molecule has 0 radical (unpaired) electrons. The van der Waals surface area contributed by atoms with Gasteiger partial charge in [0.15, 0.2) is 0 Å². The fourth-order valence-electron chi connectivity index (χ4n) is 3.60. The van der Waals surface area contributed by atoms with Gasteiger partial charge in [0, 0.05) is 13.1 Å². The van der Waals surface area contributed by atoms with Crippen molar-refractivity contribution in [3.8, 4) is 0 Å². The maximum Gasteiger partial charge on any atom is 0.236 e. The fraction of sp³-hybridized carbons (Fsp3) is 0.588. The van der Waals surface area contributed by atoms with Gasteiger partial charge in [0.1, 0.15) is 0 Å². The molecule has 1 fully saturated rings. The molecule has 2 aliphatic carbocycles. The summed E-state index contributed by atoms with van der Waals surface area (Å²) in [5, 5.41) is 3.42. The van der Waals surface area contributed by atoms with Gasteiger partial charge in [-0.15, -0.1) is 0 Å². The van der Waals surface area contributed by atoms with Crippen LogP contribution in [0.5, 0.6) is 0 Å². The Balaban J connectivity index is 1.58. The van der Waals surface area contributed by atoms with E-state index in [2.05, 4.69) is 29.6 Å². The number of nitrogens with one attached hydrogen (secondary N) is 1. The molecule has 3 heteroatoms. The number of amides is 1. The molecular formula is C17H24N2O. The van der Waals surface area contributed by atoms with Crippen LogP contribution in [0.15, 0.2) is 24.3 Å². The van der Waals surface area contributed by atoms with Crippen molar-refractivity contribution < 1.29 is 4.79 Å². The standard InChI is InChI=1S/C17H24N2O/c1-19(17(20)12-18-14-7-3-4-8-14)16-11-10-13-6-2-5-9-15(13)16/h2,5-6,9,14,16,18H,3-4,7-8,10-12H2,1H3. The molecular weight excluding hydrogens is 248 g/mol. The lowest BCUT2D eigenvalue weighted by molar-refractivity contribution is -0.131. The van der Waals surface area contributed by atoms with E-state index >= 15 is 0 Å². The molecule has 3 rings (SSSR count). The Morgan fingerprint density at radius 2 is 2.00 bits per heavy atom. The number of hydrogen-bond donors (Lipinski definition) is 1. The van der Waals surface area contributed by atoms with Crippen molar-refractivity contribution in [3.63, 3.8) is 0 Å². The third kappa shape index (κ3) is 2.73. The second-order valence-electron chi connectivity index (χ2n) is 6.12. The van der Waals surface area contributed by atoms with E-state index in [1.165, 1.54) is 36.8 Å². The summed E-state index contributed by atoms with van der Waals surface area (Å²) in [6.07, 6.45) is 7.21. The minimum atomic E-state index is 0.221. The van der Waals surface area contributed by atoms with Gasteiger partial charge < -0.3 is 10.2 Å². The molecule has 3 nitrogen and oxygen atoms in total. The molecule has 1 aromatic carbocycles. The predicted octanol–water partition coefficient (Wildman–Crippen LogP) is 2.66. The highest BCUT2D eigenvalue weighted by molar-refractivity contribution is 5.78. The zero-order valence-corrected chi connectivity index (χ0v) is 12.3. The molecule has 1 aromatic rings. The van der Waals surface area contributed by atoms with Crippen molar-refractivity contribution >= 4 is 5.91 Å². The Hall–Kier alpha value is -1.35. The topological polar surface area (TPSA) is 32.3 Å². The van der Waals surface area contributed by atoms with E-state index in [0.717, 1.165) is 12.8 Å². The average Bonchev–Trinajstić information content (AvgIpc) is 3.13. The van der Waals surface area contributed by atoms with Gasteiger partial charge in [-0.2, -0.15) is 0 Å². The van der Waals surface area contributed by atoms with Crippen molar-refractivity contribution in [1.29, 1.82) is 0 Å². The van der Waals surface area contributed by atoms with Gasteiger partial charge in [0.05, 0.1) is 12.6 Å². The fourth-order valence-corrected chi connectivity index (χ4v) is 3.60. The first-order valence-electron chi connectivity index (χ1n) is 7.82. The Morgan fingerprint density at radius 1 is 1.25 bits per heavy atom. The number of carbonyl (C=O) groups is 1. The van der Waals surface area contributed by atoms with Gasteiger partial charge in [-0.25, -0.2) is 0 Å². The van der Waals surface area contributed by atoms with Crippen LogP contribution in [-0.2, 0) is 11.2 Å². The number of rotatable bonds is 4. The van der Waals surface area contributed by atoms with Crippen LogP contribution in [0.3, 0.4) is 0 Å². The predicted molar refractivity (Wildman–Crippen MR) is 80.5 cm³/mol. The first-order chi connectivity index (χ1) is 9.75. The van der Waals surface area contributed by atoms with Crippen LogP contribution in [0.4, 0.5) is 0 Å². The smallest absolute Gasteiger partial charge is 0.236 e. The van der Waals surface area contributed by atoms with Crippen LogP contribution in [-0.4, -0.2) is 30.4 Å². The van der Waals surface area contributed by atoms with E-state index in [1.807, 2.05) is 11.9 Å². The minimum absolute atomic E-state index is 0.221. The van der Waals surface area contributed by atoms with E-state index < -0.39 is 0 Å². The third-order valence-electron chi connectivity index (χ3n) is 4.86. The summed E-state index contributed by atoms with van der Waals surface area (Å²) in [6.45, 7) is 0.486. The Bertz CT molecular complexity index is 480. The molecule has 108 valence electrons. The van der Waals surface area contributed by atoms with Crippen molar-refractivity contribution in [2.45, 2.75) is 50.6 Å². The number of hydrogen-bond acceptors (Lipinski definition) is 2. The van der Waals surface area contributed by atoms with Gasteiger partial charge in [0.25, 0.3) is 0 Å². The zero-order valence-electron chi connectivity index (χ0n) is 12.3. The number of benzene rings is 1. The van der Waals surface area contributed by atoms with Crippen molar-refractivity contribution in [3.05, 3.63) is 35.4 Å². The lowest BCUT2D eigenvalue weighted by atomic mass is 10.1. The van der Waals surface area contributed by atoms with E-state index in [0.29, 0.717) is 12.6 Å². The maximum atomic E-state index is 12.4. The molecule has 0 heterocycles. The molecule has 0 bridgehead atoms. The number of likely N-dealkylation sites (N-methyl/N-ethyl adjacent to an activating group) is 1. The molecule has 1 unspecified atom stereocenters. The normalized spacial score (nSPS) is 21.9. The first kappa shape index (κ1) is 13.6. The lowest BCUT2D eigenvalue weighted by Crippen LogP contribution is -2.40. The summed E-state index contributed by atoms with van der Waals surface area (Å²) in [6, 6.07) is 9.34. The summed E-state index contributed by atoms with van der Waals surface area (Å²) < 4.78 is 0. The van der Waals surface area contributed by atoms with Crippen molar-refractivity contribution in [1.82, 2.24) is 10.2 Å². The van der Waals surface area contributed by atoms with Crippen molar-refractivity contribution in [2.24, 2.45) is 0 Å². The summed E-state index contributed by atoms with van der Waals surface area (Å²) in [7, 11) is 1.95. The molecule has 2 aliphatic rings. The maximum absolute atomic E-state index is 12.4. The number of carbonyl (C=O) groups excluding carboxylic acids is 1. The molecule has 20 heavy (non-hydrogen) atoms. The molecule has 0 aliphatic heterocycles. The monoisotopic (exact) mass is 272 g/mol. The van der Waals surface area contributed by atoms with E-state index in [9.17, 15) is 4.79 Å². The quantitative estimate of drug-likeness (QED) is 0.914. The summed E-state index contributed by atoms with van der Waals surface area (Å²) in [5.41, 5.74) is 2.74. The second kappa shape index (κ2) is 5.96. The number of nitrogens with zero attached hydrogens (tertiary/aromatic N) is 1. The lowest BCUT2D eigenvalue weighted by Gasteiger charge is -2.26. The van der Waals surface area contributed by atoms with Crippen LogP contribution in [0.1, 0.15) is 49.3 Å². The molecule has 1 amide bonds. The SMILES string of the molecule is CN(C(=O)CNC1CCCC1)C1CCc2ccccc21. The summed E-state index contributed by atoms with van der Waals surface area (Å²) >= 11 is 0. The largest absolute Gasteiger partial charge is 0.338 e. The molecule has 0 aromatic heterocycles. The van der Waals surface area contributed by atoms with Gasteiger partial charge in [-0.05, 0) is 36.8 Å². The van der Waals surface area contributed by atoms with Gasteiger partial charge in [-0.3, -0.25) is 4.79 Å². The molecule has 1 saturated carbocycles. The highest BCUT2D eigenvalue weighted by Crippen LogP contribution is 2.34. The van der Waals surface area contributed by atoms with Crippen LogP contribution < -0.4 is 5.32 Å². The molecule has 1 atom stereocenters. The van der Waals surface area contributed by atoms with E-state index in [1.54, 1.807) is 0 Å². The van der Waals surface area contributed by atoms with Crippen LogP contribution in [0.25, 0.3) is 0 Å².